The number of nitrogens with zero attached hydrogens (tertiary/aromatic N) is 3. The first kappa shape index (κ1) is 28.0. The number of hydrogen-bond acceptors (Lipinski definition) is 7. The van der Waals surface area contributed by atoms with Crippen molar-refractivity contribution < 1.29 is 31.9 Å². The number of ether oxygens (including phenoxy) is 2. The highest BCUT2D eigenvalue weighted by Gasteiger charge is 2.33. The van der Waals surface area contributed by atoms with Crippen LogP contribution in [0.1, 0.15) is 32.9 Å². The topological polar surface area (TPSA) is 108 Å². The molecule has 0 aliphatic carbocycles. The van der Waals surface area contributed by atoms with Gasteiger partial charge in [0, 0.05) is 29.8 Å². The second-order valence-electron chi connectivity index (χ2n) is 10.4. The summed E-state index contributed by atoms with van der Waals surface area (Å²) in [6.07, 6.45) is 2.07. The number of rotatable bonds is 5. The Morgan fingerprint density at radius 1 is 1.02 bits per heavy atom. The van der Waals surface area contributed by atoms with Crippen molar-refractivity contribution in [1.29, 1.82) is 0 Å². The van der Waals surface area contributed by atoms with Gasteiger partial charge in [-0.05, 0) is 80.8 Å². The summed E-state index contributed by atoms with van der Waals surface area (Å²) in [4.78, 5) is 31.1. The average Bonchev–Trinajstić information content (AvgIpc) is 3.33. The third-order valence-corrected chi connectivity index (χ3v) is 8.22. The standard InChI is InChI=1S/C30H28FN3O6S/c1-30(2,3)40-29(36)33-15-13-19(16-27(33)35)25-18-24-22(23-17-20(31)10-11-26(23)39-4)12-14-32-28(24)34(25)41(37,38)21-8-6-5-7-9-21/h5-12,14,16-18H,13,15H2,1-4H3. The first-order valence-corrected chi connectivity index (χ1v) is 14.2. The summed E-state index contributed by atoms with van der Waals surface area (Å²) in [5.74, 6) is -0.737. The van der Waals surface area contributed by atoms with E-state index in [1.807, 2.05) is 0 Å². The molecule has 0 unspecified atom stereocenters. The van der Waals surface area contributed by atoms with E-state index in [4.69, 9.17) is 9.47 Å². The number of carbonyl (C=O) groups is 2. The van der Waals surface area contributed by atoms with Crippen molar-refractivity contribution in [1.82, 2.24) is 13.9 Å². The lowest BCUT2D eigenvalue weighted by molar-refractivity contribution is -0.125. The van der Waals surface area contributed by atoms with Crippen molar-refractivity contribution in [2.24, 2.45) is 0 Å². The van der Waals surface area contributed by atoms with Crippen molar-refractivity contribution in [3.05, 3.63) is 84.4 Å². The molecule has 0 atom stereocenters. The van der Waals surface area contributed by atoms with Crippen LogP contribution in [0.3, 0.4) is 0 Å². The minimum atomic E-state index is -4.20. The molecule has 0 saturated heterocycles. The fourth-order valence-electron chi connectivity index (χ4n) is 4.71. The third kappa shape index (κ3) is 5.32. The minimum absolute atomic E-state index is 0.00943. The zero-order chi connectivity index (χ0) is 29.5. The van der Waals surface area contributed by atoms with Crippen LogP contribution in [-0.4, -0.2) is 53.5 Å². The van der Waals surface area contributed by atoms with Crippen LogP contribution in [0.5, 0.6) is 5.75 Å². The number of aromatic nitrogens is 2. The number of carbonyl (C=O) groups excluding carboxylic acids is 2. The molecule has 0 radical (unpaired) electrons. The van der Waals surface area contributed by atoms with Crippen molar-refractivity contribution >= 4 is 38.6 Å². The lowest BCUT2D eigenvalue weighted by atomic mass is 10.0. The smallest absolute Gasteiger partial charge is 0.417 e. The molecule has 212 valence electrons. The molecule has 1 aliphatic heterocycles. The molecule has 0 saturated carbocycles. The predicted octanol–water partition coefficient (Wildman–Crippen LogP) is 5.64. The van der Waals surface area contributed by atoms with Gasteiger partial charge in [0.2, 0.25) is 0 Å². The Labute approximate surface area is 236 Å². The van der Waals surface area contributed by atoms with E-state index >= 15 is 0 Å². The second kappa shape index (κ2) is 10.5. The highest BCUT2D eigenvalue weighted by molar-refractivity contribution is 7.90. The van der Waals surface area contributed by atoms with Gasteiger partial charge in [-0.25, -0.2) is 31.5 Å². The van der Waals surface area contributed by atoms with Crippen LogP contribution in [-0.2, 0) is 19.6 Å². The maximum atomic E-state index is 14.3. The van der Waals surface area contributed by atoms with Crippen molar-refractivity contribution in [2.45, 2.75) is 37.7 Å². The molecule has 3 heterocycles. The molecule has 9 nitrogen and oxygen atoms in total. The number of imide groups is 1. The SMILES string of the molecule is COc1ccc(F)cc1-c1ccnc2c1cc(C1=CC(=O)N(C(=O)OC(C)(C)C)CC1)n2S(=O)(=O)c1ccccc1. The number of benzene rings is 2. The van der Waals surface area contributed by atoms with Gasteiger partial charge in [0.05, 0.1) is 17.7 Å². The van der Waals surface area contributed by atoms with Gasteiger partial charge in [0.25, 0.3) is 15.9 Å². The molecule has 2 amide bonds. The summed E-state index contributed by atoms with van der Waals surface area (Å²) in [6, 6.07) is 15.2. The van der Waals surface area contributed by atoms with Crippen LogP contribution in [0, 0.1) is 5.82 Å². The molecule has 4 aromatic rings. The quantitative estimate of drug-likeness (QED) is 0.302. The Hall–Kier alpha value is -4.51. The molecule has 11 heteroatoms. The third-order valence-electron chi connectivity index (χ3n) is 6.51. The van der Waals surface area contributed by atoms with Crippen LogP contribution in [0.2, 0.25) is 0 Å². The van der Waals surface area contributed by atoms with E-state index in [0.29, 0.717) is 27.8 Å². The summed E-state index contributed by atoms with van der Waals surface area (Å²) in [6.45, 7) is 5.09. The molecule has 2 aromatic heterocycles. The maximum absolute atomic E-state index is 14.3. The van der Waals surface area contributed by atoms with Gasteiger partial charge in [-0.2, -0.15) is 0 Å². The number of amides is 2. The van der Waals surface area contributed by atoms with Crippen molar-refractivity contribution in [3.8, 4) is 16.9 Å². The van der Waals surface area contributed by atoms with Crippen LogP contribution >= 0.6 is 0 Å². The highest BCUT2D eigenvalue weighted by Crippen LogP contribution is 2.39. The van der Waals surface area contributed by atoms with E-state index in [1.165, 1.54) is 49.7 Å². The van der Waals surface area contributed by atoms with E-state index < -0.39 is 33.4 Å². The van der Waals surface area contributed by atoms with Crippen LogP contribution in [0.25, 0.3) is 27.7 Å². The summed E-state index contributed by atoms with van der Waals surface area (Å²) in [5.41, 5.74) is 0.798. The molecular weight excluding hydrogens is 549 g/mol. The minimum Gasteiger partial charge on any atom is -0.496 e. The molecule has 0 fully saturated rings. The Kier molecular flexibility index (Phi) is 7.16. The Morgan fingerprint density at radius 3 is 2.41 bits per heavy atom. The van der Waals surface area contributed by atoms with Gasteiger partial charge in [-0.1, -0.05) is 18.2 Å². The molecule has 0 N–H and O–H groups in total. The molecule has 2 aromatic carbocycles. The first-order valence-electron chi connectivity index (χ1n) is 12.8. The first-order chi connectivity index (χ1) is 19.4. The van der Waals surface area contributed by atoms with Gasteiger partial charge >= 0.3 is 6.09 Å². The van der Waals surface area contributed by atoms with Crippen molar-refractivity contribution in [2.75, 3.05) is 13.7 Å². The van der Waals surface area contributed by atoms with E-state index in [-0.39, 0.29) is 29.2 Å². The van der Waals surface area contributed by atoms with Crippen LogP contribution in [0.4, 0.5) is 9.18 Å². The molecule has 41 heavy (non-hydrogen) atoms. The molecule has 1 aliphatic rings. The zero-order valence-corrected chi connectivity index (χ0v) is 23.7. The highest BCUT2D eigenvalue weighted by atomic mass is 32.2. The summed E-state index contributed by atoms with van der Waals surface area (Å²) in [5, 5.41) is 0.411. The van der Waals surface area contributed by atoms with Crippen molar-refractivity contribution in [3.63, 3.8) is 0 Å². The lowest BCUT2D eigenvalue weighted by Gasteiger charge is -2.28. The van der Waals surface area contributed by atoms with Gasteiger partial charge in [0.15, 0.2) is 5.65 Å². The van der Waals surface area contributed by atoms with E-state index in [1.54, 1.807) is 51.1 Å². The fourth-order valence-corrected chi connectivity index (χ4v) is 6.22. The Bertz CT molecular complexity index is 1810. The number of methoxy groups -OCH3 is 1. The van der Waals surface area contributed by atoms with E-state index in [0.717, 1.165) is 8.87 Å². The van der Waals surface area contributed by atoms with Gasteiger partial charge in [0.1, 0.15) is 17.2 Å². The number of hydrogen-bond donors (Lipinski definition) is 0. The van der Waals surface area contributed by atoms with Crippen LogP contribution in [0.15, 0.2) is 77.8 Å². The van der Waals surface area contributed by atoms with E-state index in [9.17, 15) is 22.4 Å². The number of pyridine rings is 1. The Balaban J connectivity index is 1.73. The lowest BCUT2D eigenvalue weighted by Crippen LogP contribution is -2.42. The van der Waals surface area contributed by atoms with Gasteiger partial charge in [-0.15, -0.1) is 0 Å². The van der Waals surface area contributed by atoms with Gasteiger partial charge in [-0.3, -0.25) is 4.79 Å². The fraction of sp³-hybridized carbons (Fsp3) is 0.233. The number of fused-ring (bicyclic) bond motifs is 1. The summed E-state index contributed by atoms with van der Waals surface area (Å²) < 4.78 is 54.3. The maximum Gasteiger partial charge on any atom is 0.417 e. The molecule has 5 rings (SSSR count). The Morgan fingerprint density at radius 2 is 1.76 bits per heavy atom. The van der Waals surface area contributed by atoms with Gasteiger partial charge < -0.3 is 9.47 Å². The monoisotopic (exact) mass is 577 g/mol. The largest absolute Gasteiger partial charge is 0.496 e. The summed E-state index contributed by atoms with van der Waals surface area (Å²) in [7, 11) is -2.75. The molecule has 0 bridgehead atoms. The zero-order valence-electron chi connectivity index (χ0n) is 22.9. The van der Waals surface area contributed by atoms with E-state index in [2.05, 4.69) is 4.98 Å². The summed E-state index contributed by atoms with van der Waals surface area (Å²) >= 11 is 0. The number of halogens is 1. The average molecular weight is 578 g/mol. The molecule has 0 spiro atoms. The molecular formula is C30H28FN3O6S. The normalized spacial score (nSPS) is 14.2. The predicted molar refractivity (Wildman–Crippen MR) is 151 cm³/mol. The second-order valence-corrected chi connectivity index (χ2v) is 12.2. The van der Waals surface area contributed by atoms with Crippen LogP contribution < -0.4 is 4.74 Å².